The zero-order chi connectivity index (χ0) is 23.3. The highest BCUT2D eigenvalue weighted by molar-refractivity contribution is 5.96. The van der Waals surface area contributed by atoms with E-state index < -0.39 is 35.1 Å². The predicted octanol–water partition coefficient (Wildman–Crippen LogP) is 5.65. The van der Waals surface area contributed by atoms with Crippen LogP contribution in [-0.4, -0.2) is 15.7 Å². The summed E-state index contributed by atoms with van der Waals surface area (Å²) in [7, 11) is 0. The van der Waals surface area contributed by atoms with Gasteiger partial charge in [0.15, 0.2) is 5.69 Å². The van der Waals surface area contributed by atoms with Gasteiger partial charge >= 0.3 is 6.18 Å². The third-order valence-electron chi connectivity index (χ3n) is 4.36. The highest BCUT2D eigenvalue weighted by Gasteiger charge is 2.35. The van der Waals surface area contributed by atoms with Crippen LogP contribution in [0.2, 0.25) is 0 Å². The van der Waals surface area contributed by atoms with E-state index >= 15 is 0 Å². The lowest BCUT2D eigenvalue weighted by Crippen LogP contribution is -2.24. The molecule has 0 spiro atoms. The van der Waals surface area contributed by atoms with Gasteiger partial charge in [-0.1, -0.05) is 13.0 Å². The molecule has 1 aromatic heterocycles. The van der Waals surface area contributed by atoms with Crippen molar-refractivity contribution in [1.29, 1.82) is 5.26 Å². The molecule has 31 heavy (non-hydrogen) atoms. The minimum Gasteiger partial charge on any atom is -0.317 e. The molecule has 2 aromatic rings. The highest BCUT2D eigenvalue weighted by atomic mass is 19.4. The molecule has 0 saturated carbocycles. The Morgan fingerprint density at radius 3 is 2.45 bits per heavy atom. The van der Waals surface area contributed by atoms with Gasteiger partial charge in [-0.15, -0.1) is 0 Å². The van der Waals surface area contributed by atoms with Crippen molar-refractivity contribution in [2.24, 2.45) is 0 Å². The Morgan fingerprint density at radius 2 is 1.94 bits per heavy atom. The average molecular weight is 438 g/mol. The van der Waals surface area contributed by atoms with Gasteiger partial charge in [0.1, 0.15) is 17.4 Å². The van der Waals surface area contributed by atoms with Crippen LogP contribution < -0.4 is 5.32 Å². The summed E-state index contributed by atoms with van der Waals surface area (Å²) in [6.07, 6.45) is -3.83. The Labute approximate surface area is 175 Å². The minimum absolute atomic E-state index is 0.0518. The Bertz CT molecular complexity index is 1090. The van der Waals surface area contributed by atoms with Crippen LogP contribution in [0.1, 0.15) is 48.8 Å². The summed E-state index contributed by atoms with van der Waals surface area (Å²) in [5, 5.41) is 15.1. The van der Waals surface area contributed by atoms with Crippen LogP contribution in [0.4, 0.5) is 22.0 Å². The first-order chi connectivity index (χ1) is 14.6. The lowest BCUT2D eigenvalue weighted by atomic mass is 10.0. The van der Waals surface area contributed by atoms with Gasteiger partial charge in [-0.2, -0.15) is 23.5 Å². The molecular formula is C21H19F5N4O. The maximum atomic E-state index is 14.0. The molecule has 0 radical (unpaired) electrons. The highest BCUT2D eigenvalue weighted by Crippen LogP contribution is 2.33. The van der Waals surface area contributed by atoms with Crippen LogP contribution in [0.3, 0.4) is 0 Å². The van der Waals surface area contributed by atoms with E-state index in [4.69, 9.17) is 0 Å². The molecule has 0 aliphatic carbocycles. The van der Waals surface area contributed by atoms with Gasteiger partial charge in [-0.05, 0) is 44.5 Å². The molecule has 0 saturated heterocycles. The lowest BCUT2D eigenvalue weighted by molar-refractivity contribution is -0.141. The van der Waals surface area contributed by atoms with Gasteiger partial charge in [-0.3, -0.25) is 9.48 Å². The number of aryl methyl sites for hydroxylation is 1. The van der Waals surface area contributed by atoms with Crippen LogP contribution >= 0.6 is 0 Å². The fourth-order valence-electron chi connectivity index (χ4n) is 2.78. The smallest absolute Gasteiger partial charge is 0.317 e. The van der Waals surface area contributed by atoms with Crippen LogP contribution in [0.25, 0.3) is 11.3 Å². The Kier molecular flexibility index (Phi) is 7.33. The molecule has 1 aromatic carbocycles. The number of aromatic nitrogens is 2. The quantitative estimate of drug-likeness (QED) is 0.468. The predicted molar refractivity (Wildman–Crippen MR) is 104 cm³/mol. The number of hydrogen-bond acceptors (Lipinski definition) is 3. The summed E-state index contributed by atoms with van der Waals surface area (Å²) >= 11 is 0. The number of benzene rings is 1. The number of nitrogens with zero attached hydrogens (tertiary/aromatic N) is 3. The van der Waals surface area contributed by atoms with Gasteiger partial charge in [0.2, 0.25) is 0 Å². The number of carbonyl (C=O) groups excluding carboxylic acids is 1. The molecule has 2 rings (SSSR count). The van der Waals surface area contributed by atoms with E-state index in [-0.39, 0.29) is 35.3 Å². The third kappa shape index (κ3) is 5.17. The van der Waals surface area contributed by atoms with Crippen molar-refractivity contribution in [2.45, 2.75) is 39.9 Å². The first kappa shape index (κ1) is 23.8. The normalized spacial score (nSPS) is 12.9. The number of allylic oxidation sites excluding steroid dienone is 3. The number of halogens is 5. The van der Waals surface area contributed by atoms with E-state index in [1.165, 1.54) is 26.0 Å². The maximum absolute atomic E-state index is 14.0. The summed E-state index contributed by atoms with van der Waals surface area (Å²) in [5.41, 5.74) is -1.72. The third-order valence-corrected chi connectivity index (χ3v) is 4.36. The number of nitriles is 1. The number of alkyl halides is 3. The van der Waals surface area contributed by atoms with E-state index in [9.17, 15) is 32.0 Å². The number of nitrogens with one attached hydrogen (secondary N) is 1. The molecule has 10 heteroatoms. The van der Waals surface area contributed by atoms with Crippen molar-refractivity contribution in [3.05, 3.63) is 64.5 Å². The monoisotopic (exact) mass is 438 g/mol. The zero-order valence-corrected chi connectivity index (χ0v) is 16.9. The molecule has 164 valence electrons. The SMILES string of the molecule is CC=C(F)C(NC(=O)c1ccc(-c2cc(C(F)(F)F)nn2CC)c(C#N)c1)=C(F)CC. The van der Waals surface area contributed by atoms with E-state index in [0.29, 0.717) is 0 Å². The van der Waals surface area contributed by atoms with Crippen LogP contribution in [-0.2, 0) is 12.7 Å². The van der Waals surface area contributed by atoms with E-state index in [1.54, 1.807) is 6.92 Å². The van der Waals surface area contributed by atoms with Gasteiger partial charge in [0.05, 0.1) is 17.3 Å². The van der Waals surface area contributed by atoms with Crippen LogP contribution in [0, 0.1) is 11.3 Å². The number of carbonyl (C=O) groups is 1. The summed E-state index contributed by atoms with van der Waals surface area (Å²) in [4.78, 5) is 12.5. The molecule has 0 atom stereocenters. The Morgan fingerprint density at radius 1 is 1.26 bits per heavy atom. The van der Waals surface area contributed by atoms with Crippen LogP contribution in [0.15, 0.2) is 47.7 Å². The van der Waals surface area contributed by atoms with Crippen LogP contribution in [0.5, 0.6) is 0 Å². The van der Waals surface area contributed by atoms with Crippen molar-refractivity contribution in [3.8, 4) is 17.3 Å². The first-order valence-electron chi connectivity index (χ1n) is 9.29. The molecule has 0 aliphatic heterocycles. The minimum atomic E-state index is -4.66. The second kappa shape index (κ2) is 9.55. The van der Waals surface area contributed by atoms with E-state index in [2.05, 4.69) is 10.4 Å². The molecule has 0 unspecified atom stereocenters. The second-order valence-electron chi connectivity index (χ2n) is 6.32. The van der Waals surface area contributed by atoms with Crippen molar-refractivity contribution in [2.75, 3.05) is 0 Å². The van der Waals surface area contributed by atoms with Gasteiger partial charge < -0.3 is 5.32 Å². The summed E-state index contributed by atoms with van der Waals surface area (Å²) < 4.78 is 68.1. The van der Waals surface area contributed by atoms with Crippen molar-refractivity contribution < 1.29 is 26.7 Å². The molecule has 1 N–H and O–H groups in total. The molecular weight excluding hydrogens is 419 g/mol. The van der Waals surface area contributed by atoms with Gasteiger partial charge in [-0.25, -0.2) is 8.78 Å². The van der Waals surface area contributed by atoms with Crippen molar-refractivity contribution in [1.82, 2.24) is 15.1 Å². The summed E-state index contributed by atoms with van der Waals surface area (Å²) in [6, 6.07) is 6.34. The average Bonchev–Trinajstić information content (AvgIpc) is 3.20. The molecule has 1 heterocycles. The lowest BCUT2D eigenvalue weighted by Gasteiger charge is -2.11. The van der Waals surface area contributed by atoms with Gasteiger partial charge in [0, 0.05) is 17.7 Å². The Hall–Kier alpha value is -3.48. The van der Waals surface area contributed by atoms with Gasteiger partial charge in [0.25, 0.3) is 5.91 Å². The Balaban J connectivity index is 2.49. The molecule has 0 aliphatic rings. The second-order valence-corrected chi connectivity index (χ2v) is 6.32. The molecule has 0 fully saturated rings. The number of rotatable bonds is 6. The fraction of sp³-hybridized carbons (Fsp3) is 0.286. The fourth-order valence-corrected chi connectivity index (χ4v) is 2.78. The number of amides is 1. The first-order valence-corrected chi connectivity index (χ1v) is 9.29. The molecule has 5 nitrogen and oxygen atoms in total. The topological polar surface area (TPSA) is 70.7 Å². The molecule has 1 amide bonds. The van der Waals surface area contributed by atoms with E-state index in [1.807, 2.05) is 6.07 Å². The summed E-state index contributed by atoms with van der Waals surface area (Å²) in [5.74, 6) is -2.71. The summed E-state index contributed by atoms with van der Waals surface area (Å²) in [6.45, 7) is 4.49. The largest absolute Gasteiger partial charge is 0.435 e. The zero-order valence-electron chi connectivity index (χ0n) is 16.9. The molecule has 0 bridgehead atoms. The van der Waals surface area contributed by atoms with Crippen molar-refractivity contribution >= 4 is 5.91 Å². The maximum Gasteiger partial charge on any atom is 0.435 e. The standard InChI is InChI=1S/C21H19F5N4O/c1-4-15(22)19(16(23)5-2)28-20(31)12-7-8-14(13(9-12)11-27)17-10-18(21(24,25)26)29-30(17)6-3/h4,7-10H,5-6H2,1-3H3,(H,28,31). The van der Waals surface area contributed by atoms with E-state index in [0.717, 1.165) is 22.9 Å². The van der Waals surface area contributed by atoms with Crippen molar-refractivity contribution in [3.63, 3.8) is 0 Å². The number of hydrogen-bond donors (Lipinski definition) is 1.